The van der Waals surface area contributed by atoms with Gasteiger partial charge >= 0.3 is 0 Å². The molecule has 7 nitrogen and oxygen atoms in total. The van der Waals surface area contributed by atoms with E-state index in [9.17, 15) is 13.2 Å². The second kappa shape index (κ2) is 5.99. The van der Waals surface area contributed by atoms with Crippen LogP contribution in [0.2, 0.25) is 0 Å². The number of aromatic nitrogens is 3. The Kier molecular flexibility index (Phi) is 4.00. The molecular weight excluding hydrogens is 328 g/mol. The molecule has 0 fully saturated rings. The lowest BCUT2D eigenvalue weighted by atomic mass is 10.1. The number of rotatable bonds is 3. The third-order valence-corrected chi connectivity index (χ3v) is 4.39. The molecule has 0 atom stereocenters. The van der Waals surface area contributed by atoms with Crippen LogP contribution in [0.15, 0.2) is 64.5 Å². The molecular formula is C16H14N4O3S. The number of hydrogen-bond acceptors (Lipinski definition) is 5. The maximum absolute atomic E-state index is 12.4. The van der Waals surface area contributed by atoms with E-state index in [1.807, 2.05) is 6.07 Å². The van der Waals surface area contributed by atoms with Crippen LogP contribution in [0.1, 0.15) is 5.56 Å². The first-order valence-corrected chi connectivity index (χ1v) is 8.55. The van der Waals surface area contributed by atoms with Crippen LogP contribution in [0.3, 0.4) is 0 Å². The van der Waals surface area contributed by atoms with Crippen molar-refractivity contribution in [3.63, 3.8) is 0 Å². The van der Waals surface area contributed by atoms with Gasteiger partial charge in [0.2, 0.25) is 10.0 Å². The number of hydrogen-bond donors (Lipinski definition) is 1. The summed E-state index contributed by atoms with van der Waals surface area (Å²) in [6.45, 7) is 1.69. The summed E-state index contributed by atoms with van der Waals surface area (Å²) in [6, 6.07) is 11.0. The van der Waals surface area contributed by atoms with Crippen LogP contribution >= 0.6 is 0 Å². The Morgan fingerprint density at radius 2 is 1.83 bits per heavy atom. The quantitative estimate of drug-likeness (QED) is 0.770. The summed E-state index contributed by atoms with van der Waals surface area (Å²) >= 11 is 0. The number of sulfonamides is 1. The van der Waals surface area contributed by atoms with Crippen molar-refractivity contribution in [2.24, 2.45) is 5.14 Å². The zero-order valence-corrected chi connectivity index (χ0v) is 13.6. The van der Waals surface area contributed by atoms with Gasteiger partial charge in [-0.05, 0) is 49.4 Å². The third kappa shape index (κ3) is 3.10. The Balaban J connectivity index is 2.14. The number of aryl methyl sites for hydroxylation is 1. The fourth-order valence-electron chi connectivity index (χ4n) is 2.22. The highest BCUT2D eigenvalue weighted by molar-refractivity contribution is 7.89. The van der Waals surface area contributed by atoms with Gasteiger partial charge in [-0.25, -0.2) is 13.6 Å². The number of primary sulfonamides is 1. The summed E-state index contributed by atoms with van der Waals surface area (Å²) in [5.41, 5.74) is 2.04. The van der Waals surface area contributed by atoms with E-state index in [1.54, 1.807) is 31.5 Å². The average Bonchev–Trinajstić information content (AvgIpc) is 2.57. The van der Waals surface area contributed by atoms with Crippen LogP contribution < -0.4 is 10.7 Å². The highest BCUT2D eigenvalue weighted by Gasteiger charge is 2.11. The lowest BCUT2D eigenvalue weighted by Gasteiger charge is -2.09. The Hall–Kier alpha value is -2.84. The first-order valence-electron chi connectivity index (χ1n) is 7.01. The third-order valence-electron chi connectivity index (χ3n) is 3.46. The summed E-state index contributed by atoms with van der Waals surface area (Å²) in [5.74, 6) is 0. The van der Waals surface area contributed by atoms with Crippen molar-refractivity contribution >= 4 is 10.0 Å². The van der Waals surface area contributed by atoms with Crippen LogP contribution in [0.25, 0.3) is 16.9 Å². The summed E-state index contributed by atoms with van der Waals surface area (Å²) in [5, 5.41) is 9.43. The largest absolute Gasteiger partial charge is 0.274 e. The predicted molar refractivity (Wildman–Crippen MR) is 89.2 cm³/mol. The molecule has 0 unspecified atom stereocenters. The molecule has 24 heavy (non-hydrogen) atoms. The van der Waals surface area contributed by atoms with Gasteiger partial charge < -0.3 is 0 Å². The van der Waals surface area contributed by atoms with E-state index >= 15 is 0 Å². The Bertz CT molecular complexity index is 1040. The van der Waals surface area contributed by atoms with E-state index in [2.05, 4.69) is 10.1 Å². The molecule has 0 saturated carbocycles. The monoisotopic (exact) mass is 342 g/mol. The van der Waals surface area contributed by atoms with Gasteiger partial charge in [0.05, 0.1) is 16.3 Å². The summed E-state index contributed by atoms with van der Waals surface area (Å²) < 4.78 is 23.9. The summed E-state index contributed by atoms with van der Waals surface area (Å²) in [4.78, 5) is 16.4. The maximum Gasteiger partial charge on any atom is 0.274 e. The zero-order valence-electron chi connectivity index (χ0n) is 12.7. The average molecular weight is 342 g/mol. The van der Waals surface area contributed by atoms with Crippen LogP contribution in [0.5, 0.6) is 0 Å². The molecule has 1 aromatic carbocycles. The van der Waals surface area contributed by atoms with Crippen LogP contribution in [0, 0.1) is 6.92 Å². The SMILES string of the molecule is Cc1cc(-c2cccnc2)nn(-c2ccc(S(N)(=O)=O)cc2)c1=O. The van der Waals surface area contributed by atoms with Crippen molar-refractivity contribution < 1.29 is 8.42 Å². The molecule has 0 amide bonds. The van der Waals surface area contributed by atoms with Crippen molar-refractivity contribution in [3.05, 3.63) is 70.8 Å². The Labute approximate surface area is 138 Å². The Morgan fingerprint density at radius 1 is 1.12 bits per heavy atom. The number of pyridine rings is 1. The topological polar surface area (TPSA) is 108 Å². The highest BCUT2D eigenvalue weighted by Crippen LogP contribution is 2.17. The standard InChI is InChI=1S/C16H14N4O3S/c1-11-9-15(12-3-2-8-18-10-12)19-20(16(11)21)13-4-6-14(7-5-13)24(17,22)23/h2-10H,1H3,(H2,17,22,23). The predicted octanol–water partition coefficient (Wildman–Crippen LogP) is 1.25. The van der Waals surface area contributed by atoms with E-state index < -0.39 is 10.0 Å². The van der Waals surface area contributed by atoms with E-state index in [-0.39, 0.29) is 10.5 Å². The zero-order chi connectivity index (χ0) is 17.3. The van der Waals surface area contributed by atoms with Crippen molar-refractivity contribution in [1.29, 1.82) is 0 Å². The van der Waals surface area contributed by atoms with Gasteiger partial charge in [-0.1, -0.05) is 0 Å². The van der Waals surface area contributed by atoms with Crippen molar-refractivity contribution in [2.45, 2.75) is 11.8 Å². The van der Waals surface area contributed by atoms with Gasteiger partial charge in [-0.3, -0.25) is 9.78 Å². The van der Waals surface area contributed by atoms with Gasteiger partial charge in [0.1, 0.15) is 0 Å². The second-order valence-electron chi connectivity index (χ2n) is 5.21. The van der Waals surface area contributed by atoms with Crippen LogP contribution in [0.4, 0.5) is 0 Å². The van der Waals surface area contributed by atoms with Crippen molar-refractivity contribution in [3.8, 4) is 16.9 Å². The van der Waals surface area contributed by atoms with Crippen LogP contribution in [-0.2, 0) is 10.0 Å². The smallest absolute Gasteiger partial charge is 0.267 e. The molecule has 0 aliphatic heterocycles. The fraction of sp³-hybridized carbons (Fsp3) is 0.0625. The molecule has 2 heterocycles. The summed E-state index contributed by atoms with van der Waals surface area (Å²) in [7, 11) is -3.79. The normalized spacial score (nSPS) is 11.4. The molecule has 2 aromatic heterocycles. The first kappa shape index (κ1) is 16.0. The maximum atomic E-state index is 12.4. The molecule has 0 aliphatic carbocycles. The van der Waals surface area contributed by atoms with E-state index in [1.165, 1.54) is 28.9 Å². The summed E-state index contributed by atoms with van der Waals surface area (Å²) in [6.07, 6.45) is 3.30. The molecule has 3 rings (SSSR count). The van der Waals surface area contributed by atoms with Crippen molar-refractivity contribution in [2.75, 3.05) is 0 Å². The minimum Gasteiger partial charge on any atom is -0.267 e. The number of benzene rings is 1. The van der Waals surface area contributed by atoms with Gasteiger partial charge in [0.15, 0.2) is 0 Å². The van der Waals surface area contributed by atoms with E-state index in [0.29, 0.717) is 16.9 Å². The molecule has 0 aliphatic rings. The van der Waals surface area contributed by atoms with Gasteiger partial charge in [-0.15, -0.1) is 0 Å². The highest BCUT2D eigenvalue weighted by atomic mass is 32.2. The number of nitrogens with two attached hydrogens (primary N) is 1. The molecule has 0 radical (unpaired) electrons. The minimum atomic E-state index is -3.79. The molecule has 2 N–H and O–H groups in total. The molecule has 3 aromatic rings. The van der Waals surface area contributed by atoms with Gasteiger partial charge in [-0.2, -0.15) is 9.78 Å². The van der Waals surface area contributed by atoms with Crippen molar-refractivity contribution in [1.82, 2.24) is 14.8 Å². The van der Waals surface area contributed by atoms with Gasteiger partial charge in [0, 0.05) is 23.5 Å². The molecule has 0 bridgehead atoms. The number of nitrogens with zero attached hydrogens (tertiary/aromatic N) is 3. The second-order valence-corrected chi connectivity index (χ2v) is 6.77. The molecule has 0 saturated heterocycles. The first-order chi connectivity index (χ1) is 11.4. The van der Waals surface area contributed by atoms with Gasteiger partial charge in [0.25, 0.3) is 5.56 Å². The molecule has 8 heteroatoms. The lowest BCUT2D eigenvalue weighted by Crippen LogP contribution is -2.23. The van der Waals surface area contributed by atoms with E-state index in [0.717, 1.165) is 5.56 Å². The molecule has 0 spiro atoms. The lowest BCUT2D eigenvalue weighted by molar-refractivity contribution is 0.597. The van der Waals surface area contributed by atoms with E-state index in [4.69, 9.17) is 5.14 Å². The van der Waals surface area contributed by atoms with Crippen LogP contribution in [-0.4, -0.2) is 23.2 Å². The fourth-order valence-corrected chi connectivity index (χ4v) is 2.74. The Morgan fingerprint density at radius 3 is 2.42 bits per heavy atom. The molecule has 122 valence electrons. The minimum absolute atomic E-state index is 0.0283.